The summed E-state index contributed by atoms with van der Waals surface area (Å²) in [6.45, 7) is 2.26. The molecule has 32 heavy (non-hydrogen) atoms. The molecule has 0 N–H and O–H groups in total. The number of fused-ring (bicyclic) bond motifs is 1. The van der Waals surface area contributed by atoms with Crippen LogP contribution in [0.5, 0.6) is 0 Å². The molecule has 1 amide bonds. The predicted molar refractivity (Wildman–Crippen MR) is 125 cm³/mol. The van der Waals surface area contributed by atoms with E-state index in [2.05, 4.69) is 17.2 Å². The van der Waals surface area contributed by atoms with Crippen LogP contribution in [0.25, 0.3) is 6.08 Å². The summed E-state index contributed by atoms with van der Waals surface area (Å²) < 4.78 is 1.42. The summed E-state index contributed by atoms with van der Waals surface area (Å²) in [4.78, 5) is 26.8. The van der Waals surface area contributed by atoms with Crippen LogP contribution in [0.4, 0.5) is 5.69 Å². The van der Waals surface area contributed by atoms with Gasteiger partial charge in [0, 0.05) is 22.2 Å². The molecule has 3 aromatic rings. The van der Waals surface area contributed by atoms with Crippen LogP contribution in [-0.4, -0.2) is 31.3 Å². The fraction of sp³-hybridized carbons (Fsp3) is 0.318. The van der Waals surface area contributed by atoms with Gasteiger partial charge >= 0.3 is 11.6 Å². The zero-order valence-electron chi connectivity index (χ0n) is 17.4. The second-order valence-corrected chi connectivity index (χ2v) is 9.71. The first-order chi connectivity index (χ1) is 15.6. The minimum absolute atomic E-state index is 0.0601. The molecule has 1 aliphatic heterocycles. The van der Waals surface area contributed by atoms with E-state index in [-0.39, 0.29) is 23.3 Å². The minimum atomic E-state index is -0.551. The Kier molecular flexibility index (Phi) is 5.48. The lowest BCUT2D eigenvalue weighted by Gasteiger charge is -2.28. The van der Waals surface area contributed by atoms with E-state index < -0.39 is 10.8 Å². The van der Waals surface area contributed by atoms with Gasteiger partial charge in [-0.25, -0.2) is 5.01 Å². The molecular weight excluding hydrogens is 446 g/mol. The highest BCUT2D eigenvalue weighted by Gasteiger charge is 2.46. The largest absolute Gasteiger partial charge is 0.320 e. The van der Waals surface area contributed by atoms with E-state index >= 15 is 0 Å². The van der Waals surface area contributed by atoms with Crippen molar-refractivity contribution in [1.82, 2.24) is 14.8 Å². The maximum Gasteiger partial charge on any atom is 0.320 e. The number of thiophene rings is 2. The number of allylic oxidation sites excluding steroid dienone is 1. The van der Waals surface area contributed by atoms with Crippen molar-refractivity contribution in [3.63, 3.8) is 0 Å². The van der Waals surface area contributed by atoms with Crippen molar-refractivity contribution in [2.45, 2.75) is 38.8 Å². The number of aryl methyl sites for hydroxylation is 1. The van der Waals surface area contributed by atoms with Crippen LogP contribution in [0.2, 0.25) is 0 Å². The van der Waals surface area contributed by atoms with Crippen LogP contribution in [-0.2, 0) is 6.54 Å². The summed E-state index contributed by atoms with van der Waals surface area (Å²) in [5, 5.41) is 26.1. The van der Waals surface area contributed by atoms with Gasteiger partial charge in [0.05, 0.1) is 16.7 Å². The number of carbonyl (C=O) groups excluding carboxylic acids is 1. The standard InChI is InChI=1S/C22H21N5O3S2/c1-2-25-13-17(27(29)30)20(23-25)22(28)26-21(18-9-5-11-32-18)16-8-3-6-14(19(16)24-26)12-15-7-4-10-31-15/h4-5,7,9-13,16,21H,2-3,6,8H2,1H3/b14-12+. The number of amides is 1. The molecule has 2 aliphatic rings. The second kappa shape index (κ2) is 8.44. The van der Waals surface area contributed by atoms with E-state index in [1.165, 1.54) is 15.9 Å². The number of aromatic nitrogens is 2. The molecule has 8 nitrogen and oxygen atoms in total. The maximum absolute atomic E-state index is 13.6. The molecule has 0 saturated heterocycles. The van der Waals surface area contributed by atoms with E-state index in [9.17, 15) is 14.9 Å². The number of carbonyl (C=O) groups is 1. The van der Waals surface area contributed by atoms with Crippen molar-refractivity contribution < 1.29 is 9.72 Å². The third-order valence-corrected chi connectivity index (χ3v) is 7.63. The van der Waals surface area contributed by atoms with E-state index in [1.54, 1.807) is 22.7 Å². The van der Waals surface area contributed by atoms with Crippen molar-refractivity contribution in [3.05, 3.63) is 72.4 Å². The van der Waals surface area contributed by atoms with Gasteiger partial charge in [-0.1, -0.05) is 12.1 Å². The van der Waals surface area contributed by atoms with E-state index in [4.69, 9.17) is 5.10 Å². The van der Waals surface area contributed by atoms with Crippen molar-refractivity contribution >= 4 is 46.1 Å². The van der Waals surface area contributed by atoms with Gasteiger partial charge in [0.25, 0.3) is 0 Å². The molecule has 0 spiro atoms. The Hall–Kier alpha value is -3.11. The smallest absolute Gasteiger partial charge is 0.265 e. The van der Waals surface area contributed by atoms with Gasteiger partial charge < -0.3 is 0 Å². The van der Waals surface area contributed by atoms with Crippen molar-refractivity contribution in [3.8, 4) is 0 Å². The third kappa shape index (κ3) is 3.59. The van der Waals surface area contributed by atoms with E-state index in [1.807, 2.05) is 35.9 Å². The van der Waals surface area contributed by atoms with Crippen LogP contribution < -0.4 is 0 Å². The van der Waals surface area contributed by atoms with Gasteiger partial charge in [0.2, 0.25) is 5.69 Å². The SMILES string of the molecule is CCn1cc([N+](=O)[O-])c(C(=O)N2N=C3/C(=C/c4cccs4)CCCC3C2c2cccs2)n1. The van der Waals surface area contributed by atoms with Crippen LogP contribution in [0.15, 0.2) is 51.9 Å². The highest BCUT2D eigenvalue weighted by Crippen LogP contribution is 2.46. The van der Waals surface area contributed by atoms with Gasteiger partial charge in [-0.3, -0.25) is 19.6 Å². The molecule has 0 aromatic carbocycles. The first-order valence-corrected chi connectivity index (χ1v) is 12.2. The zero-order chi connectivity index (χ0) is 22.2. The highest BCUT2D eigenvalue weighted by molar-refractivity contribution is 7.11. The predicted octanol–water partition coefficient (Wildman–Crippen LogP) is 5.37. The molecule has 4 heterocycles. The first kappa shape index (κ1) is 20.8. The number of rotatable bonds is 5. The Morgan fingerprint density at radius 2 is 2.12 bits per heavy atom. The average Bonchev–Trinajstić information content (AvgIpc) is 3.58. The van der Waals surface area contributed by atoms with Gasteiger partial charge in [-0.05, 0) is 60.7 Å². The highest BCUT2D eigenvalue weighted by atomic mass is 32.1. The lowest BCUT2D eigenvalue weighted by Crippen LogP contribution is -2.32. The van der Waals surface area contributed by atoms with Gasteiger partial charge in [0.1, 0.15) is 6.20 Å². The van der Waals surface area contributed by atoms with Gasteiger partial charge in [-0.15, -0.1) is 22.7 Å². The molecular formula is C22H21N5O3S2. The zero-order valence-corrected chi connectivity index (χ0v) is 19.0. The fourth-order valence-corrected chi connectivity index (χ4v) is 5.98. The number of hydrogen-bond acceptors (Lipinski definition) is 7. The summed E-state index contributed by atoms with van der Waals surface area (Å²) in [7, 11) is 0. The normalized spacial score (nSPS) is 21.6. The first-order valence-electron chi connectivity index (χ1n) is 10.5. The van der Waals surface area contributed by atoms with Gasteiger partial charge in [0.15, 0.2) is 0 Å². The van der Waals surface area contributed by atoms with Crippen LogP contribution in [0, 0.1) is 16.0 Å². The summed E-state index contributed by atoms with van der Waals surface area (Å²) in [5.41, 5.74) is 1.60. The number of nitrogens with zero attached hydrogens (tertiary/aromatic N) is 5. The molecule has 10 heteroatoms. The Balaban J connectivity index is 1.59. The maximum atomic E-state index is 13.6. The van der Waals surface area contributed by atoms with Crippen molar-refractivity contribution in [2.75, 3.05) is 0 Å². The molecule has 2 unspecified atom stereocenters. The van der Waals surface area contributed by atoms with Crippen molar-refractivity contribution in [1.29, 1.82) is 0 Å². The van der Waals surface area contributed by atoms with Crippen LogP contribution >= 0.6 is 22.7 Å². The van der Waals surface area contributed by atoms with Crippen LogP contribution in [0.3, 0.4) is 0 Å². The Morgan fingerprint density at radius 3 is 2.81 bits per heavy atom. The molecule has 3 aromatic heterocycles. The minimum Gasteiger partial charge on any atom is -0.265 e. The summed E-state index contributed by atoms with van der Waals surface area (Å²) in [6, 6.07) is 7.76. The molecule has 164 valence electrons. The summed E-state index contributed by atoms with van der Waals surface area (Å²) in [5.74, 6) is -0.468. The summed E-state index contributed by atoms with van der Waals surface area (Å²) >= 11 is 3.24. The number of hydrazone groups is 1. The summed E-state index contributed by atoms with van der Waals surface area (Å²) in [6.07, 6.45) is 6.29. The third-order valence-electron chi connectivity index (χ3n) is 5.87. The fourth-order valence-electron chi connectivity index (χ4n) is 4.42. The average molecular weight is 468 g/mol. The lowest BCUT2D eigenvalue weighted by molar-refractivity contribution is -0.385. The lowest BCUT2D eigenvalue weighted by atomic mass is 9.79. The number of nitro groups is 1. The topological polar surface area (TPSA) is 93.6 Å². The van der Waals surface area contributed by atoms with E-state index in [0.717, 1.165) is 40.3 Å². The van der Waals surface area contributed by atoms with Crippen LogP contribution in [0.1, 0.15) is 52.5 Å². The Bertz CT molecular complexity index is 1210. The Labute approximate surface area is 192 Å². The molecule has 1 saturated carbocycles. The van der Waals surface area contributed by atoms with Gasteiger partial charge in [-0.2, -0.15) is 10.2 Å². The number of hydrogen-bond donors (Lipinski definition) is 0. The quantitative estimate of drug-likeness (QED) is 0.372. The molecule has 0 radical (unpaired) electrons. The molecule has 1 aliphatic carbocycles. The monoisotopic (exact) mass is 467 g/mol. The molecule has 2 atom stereocenters. The Morgan fingerprint density at radius 1 is 1.31 bits per heavy atom. The van der Waals surface area contributed by atoms with Crippen molar-refractivity contribution in [2.24, 2.45) is 11.0 Å². The molecule has 5 rings (SSSR count). The molecule has 1 fully saturated rings. The second-order valence-electron chi connectivity index (χ2n) is 7.75. The molecule has 0 bridgehead atoms. The van der Waals surface area contributed by atoms with E-state index in [0.29, 0.717) is 6.54 Å².